The van der Waals surface area contributed by atoms with Crippen LogP contribution in [-0.2, 0) is 11.3 Å². The molecule has 0 atom stereocenters. The van der Waals surface area contributed by atoms with Crippen LogP contribution in [0.15, 0.2) is 24.3 Å². The van der Waals surface area contributed by atoms with E-state index in [4.69, 9.17) is 4.74 Å². The van der Waals surface area contributed by atoms with Crippen LogP contribution >= 0.6 is 0 Å². The maximum Gasteiger partial charge on any atom is 0.317 e. The molecule has 1 fully saturated rings. The quantitative estimate of drug-likeness (QED) is 0.849. The van der Waals surface area contributed by atoms with Crippen LogP contribution in [0.4, 0.5) is 4.79 Å². The second-order valence-electron chi connectivity index (χ2n) is 4.53. The molecule has 0 radical (unpaired) electrons. The van der Waals surface area contributed by atoms with Crippen LogP contribution in [0.2, 0.25) is 0 Å². The third-order valence-electron chi connectivity index (χ3n) is 3.19. The molecule has 1 aliphatic heterocycles. The zero-order chi connectivity index (χ0) is 14.4. The molecule has 0 saturated carbocycles. The molecule has 2 rings (SSSR count). The van der Waals surface area contributed by atoms with Crippen molar-refractivity contribution in [3.8, 4) is 0 Å². The highest BCUT2D eigenvalue weighted by Gasteiger charge is 2.16. The Morgan fingerprint density at radius 1 is 1.20 bits per heavy atom. The first-order chi connectivity index (χ1) is 9.70. The summed E-state index contributed by atoms with van der Waals surface area (Å²) in [6.45, 7) is 2.88. The molecule has 1 saturated heterocycles. The fourth-order valence-electron chi connectivity index (χ4n) is 1.97. The average molecular weight is 277 g/mol. The number of hydrogen-bond acceptors (Lipinski definition) is 3. The van der Waals surface area contributed by atoms with Crippen LogP contribution in [-0.4, -0.2) is 50.2 Å². The number of rotatable bonds is 3. The molecular formula is C14H19N3O3. The summed E-state index contributed by atoms with van der Waals surface area (Å²) < 4.78 is 5.20. The van der Waals surface area contributed by atoms with Crippen molar-refractivity contribution in [2.45, 2.75) is 6.54 Å². The number of nitrogens with zero attached hydrogens (tertiary/aromatic N) is 1. The summed E-state index contributed by atoms with van der Waals surface area (Å²) in [5.74, 6) is -0.117. The van der Waals surface area contributed by atoms with E-state index >= 15 is 0 Å². The van der Waals surface area contributed by atoms with E-state index in [2.05, 4.69) is 10.6 Å². The van der Waals surface area contributed by atoms with Gasteiger partial charge in [0.2, 0.25) is 0 Å². The molecule has 108 valence electrons. The van der Waals surface area contributed by atoms with Crippen LogP contribution < -0.4 is 10.6 Å². The molecule has 20 heavy (non-hydrogen) atoms. The van der Waals surface area contributed by atoms with Crippen LogP contribution in [0, 0.1) is 0 Å². The lowest BCUT2D eigenvalue weighted by atomic mass is 10.1. The molecule has 6 heteroatoms. The SMILES string of the molecule is CNC(=O)c1ccc(CNC(=O)N2CCOCC2)cc1. The second-order valence-corrected chi connectivity index (χ2v) is 4.53. The summed E-state index contributed by atoms with van der Waals surface area (Å²) in [5, 5.41) is 5.43. The van der Waals surface area contributed by atoms with Crippen molar-refractivity contribution in [1.82, 2.24) is 15.5 Å². The average Bonchev–Trinajstić information content (AvgIpc) is 2.53. The van der Waals surface area contributed by atoms with Gasteiger partial charge in [0.15, 0.2) is 0 Å². The minimum absolute atomic E-state index is 0.0799. The first-order valence-corrected chi connectivity index (χ1v) is 6.62. The van der Waals surface area contributed by atoms with Gasteiger partial charge in [-0.05, 0) is 17.7 Å². The third-order valence-corrected chi connectivity index (χ3v) is 3.19. The number of benzene rings is 1. The van der Waals surface area contributed by atoms with Gasteiger partial charge in [-0.2, -0.15) is 0 Å². The van der Waals surface area contributed by atoms with Gasteiger partial charge in [0.25, 0.3) is 5.91 Å². The number of ether oxygens (including phenoxy) is 1. The maximum absolute atomic E-state index is 11.9. The van der Waals surface area contributed by atoms with Crippen molar-refractivity contribution >= 4 is 11.9 Å². The molecule has 0 aliphatic carbocycles. The van der Waals surface area contributed by atoms with Crippen LogP contribution in [0.25, 0.3) is 0 Å². The van der Waals surface area contributed by atoms with E-state index in [-0.39, 0.29) is 11.9 Å². The van der Waals surface area contributed by atoms with Crippen molar-refractivity contribution < 1.29 is 14.3 Å². The maximum atomic E-state index is 11.9. The summed E-state index contributed by atoms with van der Waals surface area (Å²) in [5.41, 5.74) is 1.56. The van der Waals surface area contributed by atoms with Crippen molar-refractivity contribution in [3.05, 3.63) is 35.4 Å². The Kier molecular flexibility index (Phi) is 4.95. The Balaban J connectivity index is 1.84. The molecule has 6 nitrogen and oxygen atoms in total. The lowest BCUT2D eigenvalue weighted by Gasteiger charge is -2.26. The molecule has 1 aliphatic rings. The Hall–Kier alpha value is -2.08. The predicted octanol–water partition coefficient (Wildman–Crippen LogP) is 0.588. The van der Waals surface area contributed by atoms with Crippen molar-refractivity contribution in [2.75, 3.05) is 33.4 Å². The molecule has 1 aromatic rings. The highest BCUT2D eigenvalue weighted by atomic mass is 16.5. The first kappa shape index (κ1) is 14.3. The van der Waals surface area contributed by atoms with E-state index in [9.17, 15) is 9.59 Å². The zero-order valence-electron chi connectivity index (χ0n) is 11.5. The zero-order valence-corrected chi connectivity index (χ0v) is 11.5. The van der Waals surface area contributed by atoms with E-state index in [1.54, 1.807) is 24.1 Å². The minimum atomic E-state index is -0.117. The van der Waals surface area contributed by atoms with Gasteiger partial charge in [0.05, 0.1) is 13.2 Å². The van der Waals surface area contributed by atoms with E-state index < -0.39 is 0 Å². The molecule has 0 unspecified atom stereocenters. The molecule has 0 spiro atoms. The van der Waals surface area contributed by atoms with Crippen LogP contribution in [0.3, 0.4) is 0 Å². The number of morpholine rings is 1. The van der Waals surface area contributed by atoms with Gasteiger partial charge in [-0.15, -0.1) is 0 Å². The molecule has 0 bridgehead atoms. The molecule has 2 N–H and O–H groups in total. The molecule has 1 aromatic carbocycles. The number of nitrogens with one attached hydrogen (secondary N) is 2. The second kappa shape index (κ2) is 6.91. The standard InChI is InChI=1S/C14H19N3O3/c1-15-13(18)12-4-2-11(3-5-12)10-16-14(19)17-6-8-20-9-7-17/h2-5H,6-10H2,1H3,(H,15,18)(H,16,19). The fraction of sp³-hybridized carbons (Fsp3) is 0.429. The normalized spacial score (nSPS) is 14.8. The first-order valence-electron chi connectivity index (χ1n) is 6.62. The molecule has 1 heterocycles. The topological polar surface area (TPSA) is 70.7 Å². The van der Waals surface area contributed by atoms with Gasteiger partial charge < -0.3 is 20.3 Å². The summed E-state index contributed by atoms with van der Waals surface area (Å²) >= 11 is 0. The highest BCUT2D eigenvalue weighted by Crippen LogP contribution is 2.05. The lowest BCUT2D eigenvalue weighted by molar-refractivity contribution is 0.0531. The summed E-state index contributed by atoms with van der Waals surface area (Å²) in [7, 11) is 1.60. The summed E-state index contributed by atoms with van der Waals surface area (Å²) in [6.07, 6.45) is 0. The van der Waals surface area contributed by atoms with Crippen molar-refractivity contribution in [2.24, 2.45) is 0 Å². The number of urea groups is 1. The molecule has 0 aromatic heterocycles. The van der Waals surface area contributed by atoms with E-state index in [1.807, 2.05) is 12.1 Å². The highest BCUT2D eigenvalue weighted by molar-refractivity contribution is 5.93. The minimum Gasteiger partial charge on any atom is -0.378 e. The van der Waals surface area contributed by atoms with Gasteiger partial charge >= 0.3 is 6.03 Å². The molecule has 3 amide bonds. The van der Waals surface area contributed by atoms with E-state index in [1.165, 1.54) is 0 Å². The van der Waals surface area contributed by atoms with Gasteiger partial charge in [-0.3, -0.25) is 4.79 Å². The monoisotopic (exact) mass is 277 g/mol. The number of hydrogen-bond donors (Lipinski definition) is 2. The van der Waals surface area contributed by atoms with Crippen molar-refractivity contribution in [1.29, 1.82) is 0 Å². The Bertz CT molecular complexity index is 467. The molecular weight excluding hydrogens is 258 g/mol. The summed E-state index contributed by atoms with van der Waals surface area (Å²) in [4.78, 5) is 25.0. The largest absolute Gasteiger partial charge is 0.378 e. The predicted molar refractivity (Wildman–Crippen MR) is 74.5 cm³/mol. The lowest BCUT2D eigenvalue weighted by Crippen LogP contribution is -2.45. The van der Waals surface area contributed by atoms with Gasteiger partial charge in [0.1, 0.15) is 0 Å². The third kappa shape index (κ3) is 3.71. The number of amides is 3. The van der Waals surface area contributed by atoms with Gasteiger partial charge in [-0.1, -0.05) is 12.1 Å². The van der Waals surface area contributed by atoms with Crippen LogP contribution in [0.5, 0.6) is 0 Å². The van der Waals surface area contributed by atoms with E-state index in [0.717, 1.165) is 5.56 Å². The number of carbonyl (C=O) groups is 2. The Morgan fingerprint density at radius 2 is 1.85 bits per heavy atom. The van der Waals surface area contributed by atoms with Crippen LogP contribution in [0.1, 0.15) is 15.9 Å². The summed E-state index contributed by atoms with van der Waals surface area (Å²) in [6, 6.07) is 7.09. The number of carbonyl (C=O) groups excluding carboxylic acids is 2. The van der Waals surface area contributed by atoms with Crippen molar-refractivity contribution in [3.63, 3.8) is 0 Å². The Morgan fingerprint density at radius 3 is 2.45 bits per heavy atom. The fourth-order valence-corrected chi connectivity index (χ4v) is 1.97. The Labute approximate surface area is 118 Å². The van der Waals surface area contributed by atoms with E-state index in [0.29, 0.717) is 38.4 Å². The van der Waals surface area contributed by atoms with Gasteiger partial charge in [0, 0.05) is 32.2 Å². The smallest absolute Gasteiger partial charge is 0.317 e. The van der Waals surface area contributed by atoms with Gasteiger partial charge in [-0.25, -0.2) is 4.79 Å².